The normalized spacial score (nSPS) is 12.1. The minimum Gasteiger partial charge on any atom is -0.370 e. The number of hydrogen-bond acceptors (Lipinski definition) is 3. The van der Waals surface area contributed by atoms with Crippen molar-refractivity contribution < 1.29 is 26.3 Å². The number of nitrogens with zero attached hydrogens (tertiary/aromatic N) is 2. The molecule has 2 aromatic carbocycles. The van der Waals surface area contributed by atoms with Gasteiger partial charge in [0.2, 0.25) is 0 Å². The van der Waals surface area contributed by atoms with Crippen molar-refractivity contribution in [3.05, 3.63) is 76.6 Å². The highest BCUT2D eigenvalue weighted by Crippen LogP contribution is 2.36. The molecule has 0 amide bonds. The van der Waals surface area contributed by atoms with Crippen molar-refractivity contribution in [2.24, 2.45) is 0 Å². The van der Waals surface area contributed by atoms with E-state index in [1.165, 1.54) is 30.6 Å². The minimum absolute atomic E-state index is 0.373. The number of benzene rings is 2. The molecule has 1 heterocycles. The number of rotatable bonds is 5. The molecule has 0 radical (unpaired) electrons. The predicted octanol–water partition coefficient (Wildman–Crippen LogP) is 6.49. The number of alkyl halides is 6. The number of hydrogen-bond donors (Lipinski definition) is 1. The molecular formula is C20H14ClF6N3. The Morgan fingerprint density at radius 2 is 1.53 bits per heavy atom. The van der Waals surface area contributed by atoms with E-state index in [9.17, 15) is 26.3 Å². The van der Waals surface area contributed by atoms with Crippen LogP contribution in [0.4, 0.5) is 32.2 Å². The molecule has 3 rings (SSSR count). The van der Waals surface area contributed by atoms with E-state index in [-0.39, 0.29) is 0 Å². The van der Waals surface area contributed by atoms with Crippen LogP contribution >= 0.6 is 11.6 Å². The molecule has 0 unspecified atom stereocenters. The molecule has 0 bridgehead atoms. The van der Waals surface area contributed by atoms with Crippen LogP contribution in [0.1, 0.15) is 16.7 Å². The van der Waals surface area contributed by atoms with Gasteiger partial charge in [-0.3, -0.25) is 0 Å². The third-order valence-corrected chi connectivity index (χ3v) is 4.55. The third kappa shape index (κ3) is 5.41. The molecule has 0 saturated carbocycles. The van der Waals surface area contributed by atoms with Gasteiger partial charge in [-0.1, -0.05) is 29.8 Å². The first-order valence-corrected chi connectivity index (χ1v) is 9.01. The maximum Gasteiger partial charge on any atom is 0.417 e. The van der Waals surface area contributed by atoms with Crippen LogP contribution in [-0.2, 0) is 18.8 Å². The van der Waals surface area contributed by atoms with Crippen molar-refractivity contribution in [2.75, 3.05) is 11.9 Å². The molecule has 158 valence electrons. The molecular weight excluding hydrogens is 432 g/mol. The Kier molecular flexibility index (Phi) is 6.21. The lowest BCUT2D eigenvalue weighted by Crippen LogP contribution is -2.08. The van der Waals surface area contributed by atoms with Gasteiger partial charge in [0.25, 0.3) is 0 Å². The molecule has 1 aromatic heterocycles. The smallest absolute Gasteiger partial charge is 0.370 e. The highest BCUT2D eigenvalue weighted by molar-refractivity contribution is 6.31. The Morgan fingerprint density at radius 3 is 2.13 bits per heavy atom. The van der Waals surface area contributed by atoms with E-state index in [2.05, 4.69) is 15.3 Å². The van der Waals surface area contributed by atoms with Crippen LogP contribution in [-0.4, -0.2) is 16.5 Å². The summed E-state index contributed by atoms with van der Waals surface area (Å²) < 4.78 is 76.2. The van der Waals surface area contributed by atoms with Gasteiger partial charge in [0.15, 0.2) is 0 Å². The van der Waals surface area contributed by atoms with Gasteiger partial charge in [-0.05, 0) is 36.2 Å². The van der Waals surface area contributed by atoms with Crippen molar-refractivity contribution in [2.45, 2.75) is 18.8 Å². The monoisotopic (exact) mass is 445 g/mol. The van der Waals surface area contributed by atoms with Crippen LogP contribution < -0.4 is 5.32 Å². The predicted molar refractivity (Wildman–Crippen MR) is 101 cm³/mol. The first-order valence-electron chi connectivity index (χ1n) is 8.63. The molecule has 30 heavy (non-hydrogen) atoms. The molecule has 10 heteroatoms. The molecule has 3 nitrogen and oxygen atoms in total. The van der Waals surface area contributed by atoms with E-state index in [0.717, 1.165) is 18.2 Å². The summed E-state index contributed by atoms with van der Waals surface area (Å²) in [7, 11) is 0. The fourth-order valence-corrected chi connectivity index (χ4v) is 3.00. The Hall–Kier alpha value is -2.81. The minimum atomic E-state index is -4.55. The Morgan fingerprint density at radius 1 is 0.833 bits per heavy atom. The van der Waals surface area contributed by atoms with Gasteiger partial charge >= 0.3 is 12.4 Å². The molecule has 0 atom stereocenters. The number of nitrogens with one attached hydrogen (secondary N) is 1. The fourth-order valence-electron chi connectivity index (χ4n) is 2.71. The van der Waals surface area contributed by atoms with Gasteiger partial charge in [0, 0.05) is 18.2 Å². The summed E-state index contributed by atoms with van der Waals surface area (Å²) in [4.78, 5) is 8.08. The van der Waals surface area contributed by atoms with E-state index < -0.39 is 28.5 Å². The fraction of sp³-hybridized carbons (Fsp3) is 0.200. The zero-order chi connectivity index (χ0) is 21.9. The molecule has 0 aliphatic carbocycles. The van der Waals surface area contributed by atoms with Crippen LogP contribution in [0.15, 0.2) is 54.9 Å². The summed E-state index contributed by atoms with van der Waals surface area (Å²) in [6, 6.07) is 9.73. The second kappa shape index (κ2) is 8.51. The molecule has 0 aliphatic heterocycles. The summed E-state index contributed by atoms with van der Waals surface area (Å²) in [5.41, 5.74) is -0.176. The summed E-state index contributed by atoms with van der Waals surface area (Å²) in [6.07, 6.45) is -7.23. The number of halogens is 7. The summed E-state index contributed by atoms with van der Waals surface area (Å²) >= 11 is 5.74. The molecule has 3 aromatic rings. The molecule has 0 aliphatic rings. The van der Waals surface area contributed by atoms with Crippen LogP contribution in [0, 0.1) is 0 Å². The molecule has 0 saturated heterocycles. The van der Waals surface area contributed by atoms with Gasteiger partial charge in [-0.25, -0.2) is 9.97 Å². The average molecular weight is 446 g/mol. The molecule has 0 fully saturated rings. The third-order valence-electron chi connectivity index (χ3n) is 4.24. The maximum absolute atomic E-state index is 12.8. The van der Waals surface area contributed by atoms with Gasteiger partial charge < -0.3 is 5.32 Å². The number of aromatic nitrogens is 2. The zero-order valence-corrected chi connectivity index (χ0v) is 15.9. The molecule has 0 spiro atoms. The lowest BCUT2D eigenvalue weighted by molar-refractivity contribution is -0.138. The van der Waals surface area contributed by atoms with Gasteiger partial charge in [-0.2, -0.15) is 26.3 Å². The van der Waals surface area contributed by atoms with Crippen molar-refractivity contribution in [1.82, 2.24) is 9.97 Å². The second-order valence-corrected chi connectivity index (χ2v) is 6.76. The van der Waals surface area contributed by atoms with Crippen molar-refractivity contribution in [1.29, 1.82) is 0 Å². The van der Waals surface area contributed by atoms with Crippen LogP contribution in [0.3, 0.4) is 0 Å². The standard InChI is InChI=1S/C20H14ClF6N3/c21-16-9-13(3-6-15(16)20(25,26)27)17-10-18(30-11-29-17)28-8-7-12-1-4-14(5-2-12)19(22,23)24/h1-6,9-11H,7-8H2,(H,28,29,30). The van der Waals surface area contributed by atoms with E-state index in [1.54, 1.807) is 6.07 Å². The maximum atomic E-state index is 12.8. The topological polar surface area (TPSA) is 37.8 Å². The van der Waals surface area contributed by atoms with Gasteiger partial charge in [0.1, 0.15) is 12.1 Å². The van der Waals surface area contributed by atoms with Crippen LogP contribution in [0.25, 0.3) is 11.3 Å². The average Bonchev–Trinajstić information content (AvgIpc) is 2.67. The van der Waals surface area contributed by atoms with Crippen LogP contribution in [0.5, 0.6) is 0 Å². The van der Waals surface area contributed by atoms with Gasteiger partial charge in [0.05, 0.1) is 21.8 Å². The SMILES string of the molecule is FC(F)(F)c1ccc(CCNc2cc(-c3ccc(C(F)(F)F)c(Cl)c3)ncn2)cc1. The zero-order valence-electron chi connectivity index (χ0n) is 15.2. The number of anilines is 1. The van der Waals surface area contributed by atoms with Crippen molar-refractivity contribution >= 4 is 17.4 Å². The highest BCUT2D eigenvalue weighted by Gasteiger charge is 2.33. The lowest BCUT2D eigenvalue weighted by Gasteiger charge is -2.11. The van der Waals surface area contributed by atoms with E-state index in [0.29, 0.717) is 35.6 Å². The molecule has 1 N–H and O–H groups in total. The Bertz CT molecular complexity index is 1020. The largest absolute Gasteiger partial charge is 0.417 e. The first-order chi connectivity index (χ1) is 14.0. The highest BCUT2D eigenvalue weighted by atomic mass is 35.5. The Balaban J connectivity index is 1.65. The van der Waals surface area contributed by atoms with Crippen molar-refractivity contribution in [3.63, 3.8) is 0 Å². The van der Waals surface area contributed by atoms with E-state index >= 15 is 0 Å². The second-order valence-electron chi connectivity index (χ2n) is 6.35. The lowest BCUT2D eigenvalue weighted by atomic mass is 10.1. The summed E-state index contributed by atoms with van der Waals surface area (Å²) in [5.74, 6) is 0.419. The van der Waals surface area contributed by atoms with Gasteiger partial charge in [-0.15, -0.1) is 0 Å². The summed E-state index contributed by atoms with van der Waals surface area (Å²) in [5, 5.41) is 2.58. The van der Waals surface area contributed by atoms with Crippen molar-refractivity contribution in [3.8, 4) is 11.3 Å². The Labute approximate surface area is 172 Å². The van der Waals surface area contributed by atoms with E-state index in [1.807, 2.05) is 0 Å². The van der Waals surface area contributed by atoms with E-state index in [4.69, 9.17) is 11.6 Å². The first kappa shape index (κ1) is 21.9. The quantitative estimate of drug-likeness (QED) is 0.456. The summed E-state index contributed by atoms with van der Waals surface area (Å²) in [6.45, 7) is 0.385. The van der Waals surface area contributed by atoms with Crippen LogP contribution in [0.2, 0.25) is 5.02 Å².